The maximum absolute atomic E-state index is 11.8. The third-order valence-electron chi connectivity index (χ3n) is 2.29. The van der Waals surface area contributed by atoms with Gasteiger partial charge in [-0.15, -0.1) is 0 Å². The van der Waals surface area contributed by atoms with Crippen molar-refractivity contribution in [2.75, 3.05) is 0 Å². The number of nitrogens with one attached hydrogen (secondary N) is 1. The van der Waals surface area contributed by atoms with Crippen LogP contribution in [-0.2, 0) is 0 Å². The van der Waals surface area contributed by atoms with E-state index in [2.05, 4.69) is 21.2 Å². The average molecular weight is 302 g/mol. The molecule has 17 heavy (non-hydrogen) atoms. The van der Waals surface area contributed by atoms with Gasteiger partial charge in [0.25, 0.3) is 5.91 Å². The first-order valence-electron chi connectivity index (χ1n) is 5.37. The van der Waals surface area contributed by atoms with Crippen LogP contribution in [0.5, 0.6) is 11.5 Å². The summed E-state index contributed by atoms with van der Waals surface area (Å²) in [6.45, 7) is 3.92. The summed E-state index contributed by atoms with van der Waals surface area (Å²) in [6.07, 6.45) is 0.815. The van der Waals surface area contributed by atoms with Crippen molar-refractivity contribution in [1.82, 2.24) is 5.32 Å². The number of amides is 1. The Morgan fingerprint density at radius 1 is 1.35 bits per heavy atom. The molecule has 0 aliphatic carbocycles. The molecule has 0 saturated heterocycles. The Morgan fingerprint density at radius 3 is 2.53 bits per heavy atom. The summed E-state index contributed by atoms with van der Waals surface area (Å²) in [5.74, 6) is -0.788. The van der Waals surface area contributed by atoms with Gasteiger partial charge in [-0.3, -0.25) is 4.79 Å². The smallest absolute Gasteiger partial charge is 0.251 e. The second-order valence-corrected chi connectivity index (χ2v) is 5.66. The summed E-state index contributed by atoms with van der Waals surface area (Å²) in [4.78, 5) is 12.1. The van der Waals surface area contributed by atoms with Crippen molar-refractivity contribution in [2.45, 2.75) is 31.1 Å². The summed E-state index contributed by atoms with van der Waals surface area (Å²) in [5, 5.41) is 21.2. The fourth-order valence-electron chi connectivity index (χ4n) is 1.52. The number of rotatable bonds is 4. The van der Waals surface area contributed by atoms with Crippen LogP contribution in [0.2, 0.25) is 0 Å². The first kappa shape index (κ1) is 13.8. The van der Waals surface area contributed by atoms with Crippen LogP contribution in [0.4, 0.5) is 0 Å². The lowest BCUT2D eigenvalue weighted by Gasteiger charge is -2.15. The summed E-state index contributed by atoms with van der Waals surface area (Å²) in [5.41, 5.74) is 0.328. The fraction of sp³-hybridized carbons (Fsp3) is 0.417. The number of aromatic hydroxyl groups is 2. The summed E-state index contributed by atoms with van der Waals surface area (Å²) >= 11 is 3.42. The van der Waals surface area contributed by atoms with Crippen LogP contribution >= 0.6 is 15.9 Å². The molecule has 0 heterocycles. The molecular weight excluding hydrogens is 286 g/mol. The summed E-state index contributed by atoms with van der Waals surface area (Å²) < 4.78 is 0. The largest absolute Gasteiger partial charge is 0.504 e. The van der Waals surface area contributed by atoms with E-state index in [0.29, 0.717) is 10.4 Å². The van der Waals surface area contributed by atoms with Crippen molar-refractivity contribution in [3.63, 3.8) is 0 Å². The van der Waals surface area contributed by atoms with Gasteiger partial charge in [-0.05, 0) is 31.5 Å². The van der Waals surface area contributed by atoms with E-state index >= 15 is 0 Å². The van der Waals surface area contributed by atoms with Crippen molar-refractivity contribution in [1.29, 1.82) is 0 Å². The van der Waals surface area contributed by atoms with E-state index < -0.39 is 0 Å². The van der Waals surface area contributed by atoms with E-state index in [-0.39, 0.29) is 23.4 Å². The number of alkyl halides is 1. The van der Waals surface area contributed by atoms with Gasteiger partial charge < -0.3 is 15.5 Å². The zero-order valence-electron chi connectivity index (χ0n) is 9.77. The molecule has 0 aromatic heterocycles. The summed E-state index contributed by atoms with van der Waals surface area (Å²) in [7, 11) is 0. The number of phenolic OH excluding ortho intramolecular Hbond substituents is 2. The molecular formula is C12H16BrNO3. The standard InChI is InChI=1S/C12H16BrNO3/c1-7(13)5-8(2)14-12(17)9-3-4-10(15)11(16)6-9/h3-4,6-8,15-16H,5H2,1-2H3,(H,14,17). The molecule has 0 aliphatic heterocycles. The van der Waals surface area contributed by atoms with E-state index in [1.165, 1.54) is 18.2 Å². The van der Waals surface area contributed by atoms with Crippen molar-refractivity contribution in [2.24, 2.45) is 0 Å². The highest BCUT2D eigenvalue weighted by Gasteiger charge is 2.12. The molecule has 0 fully saturated rings. The van der Waals surface area contributed by atoms with Crippen LogP contribution < -0.4 is 5.32 Å². The Kier molecular flexibility index (Phi) is 4.81. The number of hydrogen-bond acceptors (Lipinski definition) is 3. The van der Waals surface area contributed by atoms with Crippen LogP contribution in [0.25, 0.3) is 0 Å². The third-order valence-corrected chi connectivity index (χ3v) is 2.67. The van der Waals surface area contributed by atoms with E-state index in [1.807, 2.05) is 13.8 Å². The van der Waals surface area contributed by atoms with E-state index in [4.69, 9.17) is 5.11 Å². The minimum atomic E-state index is -0.292. The van der Waals surface area contributed by atoms with Crippen LogP contribution in [0.1, 0.15) is 30.6 Å². The molecule has 94 valence electrons. The van der Waals surface area contributed by atoms with Gasteiger partial charge in [0.1, 0.15) is 0 Å². The lowest BCUT2D eigenvalue weighted by Crippen LogP contribution is -2.33. The molecule has 1 aromatic rings. The van der Waals surface area contributed by atoms with E-state index in [9.17, 15) is 9.90 Å². The number of benzene rings is 1. The van der Waals surface area contributed by atoms with Gasteiger partial charge in [0.2, 0.25) is 0 Å². The molecule has 1 rings (SSSR count). The van der Waals surface area contributed by atoms with Crippen LogP contribution in [0.15, 0.2) is 18.2 Å². The maximum atomic E-state index is 11.8. The first-order chi connectivity index (χ1) is 7.90. The molecule has 0 radical (unpaired) electrons. The normalized spacial score (nSPS) is 14.1. The predicted octanol–water partition coefficient (Wildman–Crippen LogP) is 2.39. The van der Waals surface area contributed by atoms with Gasteiger partial charge >= 0.3 is 0 Å². The lowest BCUT2D eigenvalue weighted by molar-refractivity contribution is 0.0938. The number of halogens is 1. The molecule has 3 N–H and O–H groups in total. The number of phenols is 2. The van der Waals surface area contributed by atoms with Gasteiger partial charge in [0, 0.05) is 16.4 Å². The zero-order valence-corrected chi connectivity index (χ0v) is 11.4. The monoisotopic (exact) mass is 301 g/mol. The van der Waals surface area contributed by atoms with Gasteiger partial charge in [-0.25, -0.2) is 0 Å². The van der Waals surface area contributed by atoms with E-state index in [0.717, 1.165) is 6.42 Å². The number of carbonyl (C=O) groups excluding carboxylic acids is 1. The molecule has 1 amide bonds. The molecule has 2 atom stereocenters. The van der Waals surface area contributed by atoms with Gasteiger partial charge in [0.05, 0.1) is 0 Å². The van der Waals surface area contributed by atoms with Gasteiger partial charge in [0.15, 0.2) is 11.5 Å². The Balaban J connectivity index is 2.66. The molecule has 5 heteroatoms. The highest BCUT2D eigenvalue weighted by Crippen LogP contribution is 2.24. The Morgan fingerprint density at radius 2 is 2.00 bits per heavy atom. The van der Waals surface area contributed by atoms with Crippen LogP contribution in [0.3, 0.4) is 0 Å². The minimum absolute atomic E-state index is 0.0350. The highest BCUT2D eigenvalue weighted by atomic mass is 79.9. The molecule has 0 saturated carbocycles. The minimum Gasteiger partial charge on any atom is -0.504 e. The van der Waals surface area contributed by atoms with Crippen molar-refractivity contribution < 1.29 is 15.0 Å². The zero-order chi connectivity index (χ0) is 13.0. The van der Waals surface area contributed by atoms with Crippen LogP contribution in [0, 0.1) is 0 Å². The fourth-order valence-corrected chi connectivity index (χ4v) is 2.08. The van der Waals surface area contributed by atoms with Gasteiger partial charge in [-0.2, -0.15) is 0 Å². The molecule has 0 bridgehead atoms. The molecule has 0 spiro atoms. The summed E-state index contributed by atoms with van der Waals surface area (Å²) in [6, 6.07) is 4.04. The Hall–Kier alpha value is -1.23. The Bertz CT molecular complexity index is 407. The van der Waals surface area contributed by atoms with Gasteiger partial charge in [-0.1, -0.05) is 22.9 Å². The van der Waals surface area contributed by atoms with Crippen molar-refractivity contribution in [3.8, 4) is 11.5 Å². The number of carbonyl (C=O) groups is 1. The molecule has 4 nitrogen and oxygen atoms in total. The third kappa shape index (κ3) is 4.26. The van der Waals surface area contributed by atoms with Crippen molar-refractivity contribution >= 4 is 21.8 Å². The topological polar surface area (TPSA) is 69.6 Å². The van der Waals surface area contributed by atoms with Crippen LogP contribution in [-0.4, -0.2) is 27.0 Å². The molecule has 0 aliphatic rings. The second kappa shape index (κ2) is 5.91. The van der Waals surface area contributed by atoms with E-state index in [1.54, 1.807) is 0 Å². The molecule has 1 aromatic carbocycles. The Labute approximate surface area is 109 Å². The SMILES string of the molecule is CC(Br)CC(C)NC(=O)c1ccc(O)c(O)c1. The quantitative estimate of drug-likeness (QED) is 0.591. The van der Waals surface area contributed by atoms with Crippen molar-refractivity contribution in [3.05, 3.63) is 23.8 Å². The number of hydrogen-bond donors (Lipinski definition) is 3. The first-order valence-corrected chi connectivity index (χ1v) is 6.28. The average Bonchev–Trinajstić information content (AvgIpc) is 2.20. The highest BCUT2D eigenvalue weighted by molar-refractivity contribution is 9.09. The maximum Gasteiger partial charge on any atom is 0.251 e. The predicted molar refractivity (Wildman–Crippen MR) is 69.7 cm³/mol. The second-order valence-electron chi connectivity index (χ2n) is 4.09. The molecule has 2 unspecified atom stereocenters. The lowest BCUT2D eigenvalue weighted by atomic mass is 10.1.